The maximum absolute atomic E-state index is 4.48. The molecular weight excluding hydrogens is 250 g/mol. The van der Waals surface area contributed by atoms with Crippen molar-refractivity contribution in [1.29, 1.82) is 0 Å². The fraction of sp³-hybridized carbons (Fsp3) is 0.267. The van der Waals surface area contributed by atoms with E-state index >= 15 is 0 Å². The van der Waals surface area contributed by atoms with Crippen LogP contribution in [0.25, 0.3) is 11.0 Å². The number of nitrogens with one attached hydrogen (secondary N) is 1. The first kappa shape index (κ1) is 12.7. The van der Waals surface area contributed by atoms with Crippen molar-refractivity contribution in [1.82, 2.24) is 25.1 Å². The molecule has 1 N–H and O–H groups in total. The number of aromatic nitrogens is 4. The Balaban J connectivity index is 2.17. The topological polar surface area (TPSA) is 55.6 Å². The van der Waals surface area contributed by atoms with Crippen molar-refractivity contribution < 1.29 is 0 Å². The van der Waals surface area contributed by atoms with Gasteiger partial charge in [0.2, 0.25) is 0 Å². The van der Waals surface area contributed by atoms with E-state index in [0.717, 1.165) is 28.8 Å². The van der Waals surface area contributed by atoms with Crippen molar-refractivity contribution in [2.24, 2.45) is 0 Å². The molecule has 0 bridgehead atoms. The summed E-state index contributed by atoms with van der Waals surface area (Å²) in [6, 6.07) is 8.18. The maximum atomic E-state index is 4.48. The number of nitrogens with zero attached hydrogens (tertiary/aromatic N) is 4. The molecule has 5 heteroatoms. The molecule has 0 aliphatic heterocycles. The maximum Gasteiger partial charge on any atom is 0.0938 e. The molecule has 3 aromatic rings. The van der Waals surface area contributed by atoms with Crippen LogP contribution in [-0.4, -0.2) is 26.8 Å². The summed E-state index contributed by atoms with van der Waals surface area (Å²) in [6.45, 7) is 2.93. The van der Waals surface area contributed by atoms with E-state index in [2.05, 4.69) is 33.4 Å². The highest BCUT2D eigenvalue weighted by Gasteiger charge is 2.19. The molecule has 2 heterocycles. The van der Waals surface area contributed by atoms with Crippen LogP contribution in [0.2, 0.25) is 0 Å². The van der Waals surface area contributed by atoms with Gasteiger partial charge in [-0.15, -0.1) is 0 Å². The summed E-state index contributed by atoms with van der Waals surface area (Å²) in [5, 5.41) is 7.71. The van der Waals surface area contributed by atoms with E-state index in [9.17, 15) is 0 Å². The van der Waals surface area contributed by atoms with Gasteiger partial charge in [0.1, 0.15) is 0 Å². The Morgan fingerprint density at radius 3 is 2.80 bits per heavy atom. The lowest BCUT2D eigenvalue weighted by Crippen LogP contribution is -2.22. The average molecular weight is 267 g/mol. The Hall–Kier alpha value is -2.27. The highest BCUT2D eigenvalue weighted by Crippen LogP contribution is 2.26. The predicted molar refractivity (Wildman–Crippen MR) is 78.3 cm³/mol. The first-order valence-corrected chi connectivity index (χ1v) is 6.73. The minimum Gasteiger partial charge on any atom is -0.308 e. The SMILES string of the molecule is CCn1nccc1C(NC)c1cccc2nccnc12. The average Bonchev–Trinajstić information content (AvgIpc) is 2.97. The quantitative estimate of drug-likeness (QED) is 0.787. The van der Waals surface area contributed by atoms with Crippen LogP contribution in [0.15, 0.2) is 42.9 Å². The van der Waals surface area contributed by atoms with Gasteiger partial charge in [0.25, 0.3) is 0 Å². The number of hydrogen-bond acceptors (Lipinski definition) is 4. The molecule has 0 amide bonds. The lowest BCUT2D eigenvalue weighted by atomic mass is 10.0. The van der Waals surface area contributed by atoms with Crippen LogP contribution in [-0.2, 0) is 6.54 Å². The van der Waals surface area contributed by atoms with E-state index in [0.29, 0.717) is 0 Å². The second-order valence-corrected chi connectivity index (χ2v) is 4.56. The molecule has 20 heavy (non-hydrogen) atoms. The van der Waals surface area contributed by atoms with Crippen molar-refractivity contribution in [3.63, 3.8) is 0 Å². The van der Waals surface area contributed by atoms with E-state index in [4.69, 9.17) is 0 Å². The number of hydrogen-bond donors (Lipinski definition) is 1. The molecule has 1 atom stereocenters. The number of benzene rings is 1. The van der Waals surface area contributed by atoms with E-state index in [1.54, 1.807) is 12.4 Å². The summed E-state index contributed by atoms with van der Waals surface area (Å²) < 4.78 is 2.00. The van der Waals surface area contributed by atoms with Crippen LogP contribution in [0, 0.1) is 0 Å². The zero-order chi connectivity index (χ0) is 13.9. The molecule has 5 nitrogen and oxygen atoms in total. The molecule has 0 spiro atoms. The fourth-order valence-electron chi connectivity index (χ4n) is 2.56. The fourth-order valence-corrected chi connectivity index (χ4v) is 2.56. The van der Waals surface area contributed by atoms with Gasteiger partial charge >= 0.3 is 0 Å². The van der Waals surface area contributed by atoms with Crippen LogP contribution in [0.1, 0.15) is 24.2 Å². The van der Waals surface area contributed by atoms with Gasteiger partial charge in [0.05, 0.1) is 22.8 Å². The first-order valence-electron chi connectivity index (χ1n) is 6.73. The molecule has 1 unspecified atom stereocenters. The second kappa shape index (κ2) is 5.38. The summed E-state index contributed by atoms with van der Waals surface area (Å²) in [5.41, 5.74) is 4.09. The molecule has 0 saturated carbocycles. The Morgan fingerprint density at radius 2 is 2.00 bits per heavy atom. The molecule has 102 valence electrons. The number of rotatable bonds is 4. The molecule has 2 aromatic heterocycles. The van der Waals surface area contributed by atoms with Gasteiger partial charge in [-0.25, -0.2) is 0 Å². The molecule has 0 saturated heterocycles. The van der Waals surface area contributed by atoms with Gasteiger partial charge in [-0.1, -0.05) is 12.1 Å². The highest BCUT2D eigenvalue weighted by molar-refractivity contribution is 5.78. The first-order chi connectivity index (χ1) is 9.85. The molecule has 1 aromatic carbocycles. The Bertz CT molecular complexity index is 714. The lowest BCUT2D eigenvalue weighted by Gasteiger charge is -2.19. The predicted octanol–water partition coefficient (Wildman–Crippen LogP) is 2.16. The number of aryl methyl sites for hydroxylation is 1. The Morgan fingerprint density at radius 1 is 1.15 bits per heavy atom. The van der Waals surface area contributed by atoms with E-state index < -0.39 is 0 Å². The summed E-state index contributed by atoms with van der Waals surface area (Å²) >= 11 is 0. The zero-order valence-corrected chi connectivity index (χ0v) is 11.6. The van der Waals surface area contributed by atoms with Crippen molar-refractivity contribution in [2.75, 3.05) is 7.05 Å². The highest BCUT2D eigenvalue weighted by atomic mass is 15.3. The van der Waals surface area contributed by atoms with Gasteiger partial charge in [-0.3, -0.25) is 14.6 Å². The summed E-state index contributed by atoms with van der Waals surface area (Å²) in [5.74, 6) is 0. The monoisotopic (exact) mass is 267 g/mol. The largest absolute Gasteiger partial charge is 0.308 e. The lowest BCUT2D eigenvalue weighted by molar-refractivity contribution is 0.564. The van der Waals surface area contributed by atoms with Crippen molar-refractivity contribution in [2.45, 2.75) is 19.5 Å². The van der Waals surface area contributed by atoms with Crippen LogP contribution < -0.4 is 5.32 Å². The second-order valence-electron chi connectivity index (χ2n) is 4.56. The van der Waals surface area contributed by atoms with E-state index in [1.807, 2.05) is 36.1 Å². The van der Waals surface area contributed by atoms with Gasteiger partial charge in [-0.2, -0.15) is 5.10 Å². The smallest absolute Gasteiger partial charge is 0.0938 e. The Labute approximate surface area is 117 Å². The molecule has 0 aliphatic rings. The minimum atomic E-state index is 0.0536. The third-order valence-corrected chi connectivity index (χ3v) is 3.47. The van der Waals surface area contributed by atoms with E-state index in [1.165, 1.54) is 0 Å². The third-order valence-electron chi connectivity index (χ3n) is 3.47. The zero-order valence-electron chi connectivity index (χ0n) is 11.6. The standard InChI is InChI=1S/C15H17N5/c1-3-20-13(7-8-19-20)15(16-2)11-5-4-6-12-14(11)18-10-9-17-12/h4-10,15-16H,3H2,1-2H3. The molecular formula is C15H17N5. The normalized spacial score (nSPS) is 12.7. The van der Waals surface area contributed by atoms with Gasteiger partial charge in [0.15, 0.2) is 0 Å². The van der Waals surface area contributed by atoms with Crippen molar-refractivity contribution in [3.05, 3.63) is 54.1 Å². The third kappa shape index (κ3) is 2.06. The molecule has 0 radical (unpaired) electrons. The van der Waals surface area contributed by atoms with Crippen LogP contribution in [0.3, 0.4) is 0 Å². The van der Waals surface area contributed by atoms with Crippen molar-refractivity contribution >= 4 is 11.0 Å². The molecule has 0 fully saturated rings. The van der Waals surface area contributed by atoms with Crippen LogP contribution >= 0.6 is 0 Å². The van der Waals surface area contributed by atoms with Gasteiger partial charge in [0, 0.05) is 30.7 Å². The summed E-state index contributed by atoms with van der Waals surface area (Å²) in [4.78, 5) is 8.85. The van der Waals surface area contributed by atoms with Gasteiger partial charge in [-0.05, 0) is 26.1 Å². The molecule has 3 rings (SSSR count). The Kier molecular flexibility index (Phi) is 3.43. The summed E-state index contributed by atoms with van der Waals surface area (Å²) in [6.07, 6.45) is 5.28. The van der Waals surface area contributed by atoms with Gasteiger partial charge < -0.3 is 5.32 Å². The van der Waals surface area contributed by atoms with Crippen molar-refractivity contribution in [3.8, 4) is 0 Å². The molecule has 0 aliphatic carbocycles. The van der Waals surface area contributed by atoms with Crippen LogP contribution in [0.4, 0.5) is 0 Å². The summed E-state index contributed by atoms with van der Waals surface area (Å²) in [7, 11) is 1.95. The number of fused-ring (bicyclic) bond motifs is 1. The van der Waals surface area contributed by atoms with E-state index in [-0.39, 0.29) is 6.04 Å². The number of para-hydroxylation sites is 1. The van der Waals surface area contributed by atoms with Crippen LogP contribution in [0.5, 0.6) is 0 Å². The minimum absolute atomic E-state index is 0.0536.